The van der Waals surface area contributed by atoms with Crippen LogP contribution in [0.4, 0.5) is 10.8 Å². The smallest absolute Gasteiger partial charge is 0.261 e. The van der Waals surface area contributed by atoms with Crippen LogP contribution < -0.4 is 10.0 Å². The molecule has 7 nitrogen and oxygen atoms in total. The SMILES string of the molecule is CC(=O)c1sc(NC(=O)c2ccccc2NS(=O)(=O)c2ccc(C)cc2)nc1C. The molecule has 1 heterocycles. The van der Waals surface area contributed by atoms with Crippen LogP contribution in [0.3, 0.4) is 0 Å². The van der Waals surface area contributed by atoms with Crippen molar-refractivity contribution in [2.45, 2.75) is 25.7 Å². The summed E-state index contributed by atoms with van der Waals surface area (Å²) < 4.78 is 27.8. The van der Waals surface area contributed by atoms with Gasteiger partial charge in [-0.05, 0) is 38.1 Å². The van der Waals surface area contributed by atoms with E-state index in [1.807, 2.05) is 6.92 Å². The minimum Gasteiger partial charge on any atom is -0.298 e. The van der Waals surface area contributed by atoms with Gasteiger partial charge in [0.05, 0.1) is 26.7 Å². The quantitative estimate of drug-likeness (QED) is 0.576. The molecule has 0 aliphatic carbocycles. The average molecular weight is 430 g/mol. The van der Waals surface area contributed by atoms with Crippen LogP contribution in [0, 0.1) is 13.8 Å². The average Bonchev–Trinajstić information content (AvgIpc) is 3.02. The molecule has 9 heteroatoms. The van der Waals surface area contributed by atoms with E-state index in [2.05, 4.69) is 15.0 Å². The predicted molar refractivity (Wildman–Crippen MR) is 113 cm³/mol. The summed E-state index contributed by atoms with van der Waals surface area (Å²) in [5.74, 6) is -0.664. The van der Waals surface area contributed by atoms with Gasteiger partial charge in [-0.15, -0.1) is 0 Å². The Hall–Kier alpha value is -3.04. The van der Waals surface area contributed by atoms with Crippen LogP contribution in [0.1, 0.15) is 38.2 Å². The Bertz CT molecular complexity index is 1180. The molecule has 2 aromatic carbocycles. The van der Waals surface area contributed by atoms with Crippen LogP contribution >= 0.6 is 11.3 Å². The second-order valence-electron chi connectivity index (χ2n) is 6.41. The number of aromatic nitrogens is 1. The third-order valence-electron chi connectivity index (χ3n) is 4.08. The number of anilines is 2. The fourth-order valence-corrected chi connectivity index (χ4v) is 4.57. The highest BCUT2D eigenvalue weighted by molar-refractivity contribution is 7.92. The Labute approximate surface area is 172 Å². The molecule has 3 aromatic rings. The Balaban J connectivity index is 1.86. The lowest BCUT2D eigenvalue weighted by Gasteiger charge is -2.12. The maximum absolute atomic E-state index is 12.7. The predicted octanol–water partition coefficient (Wildman–Crippen LogP) is 4.02. The fraction of sp³-hybridized carbons (Fsp3) is 0.150. The summed E-state index contributed by atoms with van der Waals surface area (Å²) in [7, 11) is -3.86. The van der Waals surface area contributed by atoms with Crippen LogP contribution in [0.5, 0.6) is 0 Å². The number of carbonyl (C=O) groups is 2. The van der Waals surface area contributed by atoms with Crippen molar-refractivity contribution in [1.82, 2.24) is 4.98 Å². The van der Waals surface area contributed by atoms with Crippen LogP contribution in [-0.4, -0.2) is 25.1 Å². The lowest BCUT2D eigenvalue weighted by atomic mass is 10.2. The van der Waals surface area contributed by atoms with Crippen molar-refractivity contribution in [3.8, 4) is 0 Å². The maximum Gasteiger partial charge on any atom is 0.261 e. The molecule has 150 valence electrons. The number of rotatable bonds is 6. The highest BCUT2D eigenvalue weighted by atomic mass is 32.2. The van der Waals surface area contributed by atoms with Gasteiger partial charge in [0.25, 0.3) is 15.9 Å². The first-order chi connectivity index (χ1) is 13.7. The Morgan fingerprint density at radius 2 is 1.66 bits per heavy atom. The van der Waals surface area contributed by atoms with E-state index in [1.54, 1.807) is 31.2 Å². The van der Waals surface area contributed by atoms with Gasteiger partial charge in [0.2, 0.25) is 0 Å². The molecule has 1 amide bonds. The summed E-state index contributed by atoms with van der Waals surface area (Å²) in [6.07, 6.45) is 0. The molecule has 0 saturated heterocycles. The van der Waals surface area contributed by atoms with Crippen LogP contribution in [0.25, 0.3) is 0 Å². The van der Waals surface area contributed by atoms with E-state index in [0.29, 0.717) is 10.6 Å². The van der Waals surface area contributed by atoms with Gasteiger partial charge < -0.3 is 0 Å². The summed E-state index contributed by atoms with van der Waals surface area (Å²) in [5, 5.41) is 2.90. The minimum atomic E-state index is -3.86. The standard InChI is InChI=1S/C20H19N3O4S2/c1-12-8-10-15(11-9-12)29(26,27)23-17-7-5-4-6-16(17)19(25)22-20-21-13(2)18(28-20)14(3)24/h4-11,23H,1-3H3,(H,21,22,25). The lowest BCUT2D eigenvalue weighted by molar-refractivity contribution is 0.101. The van der Waals surface area contributed by atoms with E-state index in [-0.39, 0.29) is 27.1 Å². The van der Waals surface area contributed by atoms with E-state index >= 15 is 0 Å². The zero-order valence-electron chi connectivity index (χ0n) is 16.0. The van der Waals surface area contributed by atoms with Gasteiger partial charge in [-0.25, -0.2) is 13.4 Å². The monoisotopic (exact) mass is 429 g/mol. The first-order valence-electron chi connectivity index (χ1n) is 8.65. The zero-order chi connectivity index (χ0) is 21.2. The van der Waals surface area contributed by atoms with Crippen LogP contribution in [0.15, 0.2) is 53.4 Å². The second-order valence-corrected chi connectivity index (χ2v) is 9.09. The minimum absolute atomic E-state index is 0.0972. The molecule has 0 unspecified atom stereocenters. The van der Waals surface area contributed by atoms with Crippen LogP contribution in [-0.2, 0) is 10.0 Å². The number of benzene rings is 2. The van der Waals surface area contributed by atoms with Crippen molar-refractivity contribution in [2.75, 3.05) is 10.0 Å². The molecular formula is C20H19N3O4S2. The Morgan fingerprint density at radius 3 is 2.28 bits per heavy atom. The third-order valence-corrected chi connectivity index (χ3v) is 6.64. The number of aryl methyl sites for hydroxylation is 2. The number of ketones is 1. The lowest BCUT2D eigenvalue weighted by Crippen LogP contribution is -2.18. The number of sulfonamides is 1. The molecule has 0 aliphatic rings. The summed E-state index contributed by atoms with van der Waals surface area (Å²) in [5.41, 5.74) is 1.75. The van der Waals surface area contributed by atoms with Gasteiger partial charge in [-0.3, -0.25) is 19.6 Å². The molecule has 0 fully saturated rings. The molecule has 29 heavy (non-hydrogen) atoms. The summed E-state index contributed by atoms with van der Waals surface area (Å²) in [4.78, 5) is 29.1. The molecule has 3 rings (SSSR count). The van der Waals surface area contributed by atoms with Crippen molar-refractivity contribution in [3.05, 3.63) is 70.2 Å². The molecule has 0 bridgehead atoms. The molecule has 0 radical (unpaired) electrons. The topological polar surface area (TPSA) is 105 Å². The van der Waals surface area contributed by atoms with Crippen LogP contribution in [0.2, 0.25) is 0 Å². The molecule has 0 saturated carbocycles. The van der Waals surface area contributed by atoms with Gasteiger partial charge in [0.15, 0.2) is 10.9 Å². The molecular weight excluding hydrogens is 410 g/mol. The first-order valence-corrected chi connectivity index (χ1v) is 11.0. The molecule has 1 aromatic heterocycles. The number of Topliss-reactive ketones (excluding diaryl/α,β-unsaturated/α-hetero) is 1. The number of hydrogen-bond donors (Lipinski definition) is 2. The van der Waals surface area contributed by atoms with Gasteiger partial charge in [0, 0.05) is 6.92 Å². The first kappa shape index (κ1) is 20.7. The normalized spacial score (nSPS) is 11.1. The van der Waals surface area contributed by atoms with E-state index < -0.39 is 15.9 Å². The summed E-state index contributed by atoms with van der Waals surface area (Å²) >= 11 is 1.08. The largest absolute Gasteiger partial charge is 0.298 e. The zero-order valence-corrected chi connectivity index (χ0v) is 17.6. The third kappa shape index (κ3) is 4.69. The number of carbonyl (C=O) groups excluding carboxylic acids is 2. The van der Waals surface area contributed by atoms with Gasteiger partial charge >= 0.3 is 0 Å². The van der Waals surface area contributed by atoms with E-state index in [0.717, 1.165) is 16.9 Å². The molecule has 2 N–H and O–H groups in total. The van der Waals surface area contributed by atoms with E-state index in [9.17, 15) is 18.0 Å². The molecule has 0 spiro atoms. The summed E-state index contributed by atoms with van der Waals surface area (Å²) in [6.45, 7) is 4.98. The number of nitrogens with one attached hydrogen (secondary N) is 2. The van der Waals surface area contributed by atoms with Gasteiger partial charge in [-0.2, -0.15) is 0 Å². The second kappa shape index (κ2) is 8.14. The maximum atomic E-state index is 12.7. The van der Waals surface area contributed by atoms with E-state index in [1.165, 1.54) is 31.2 Å². The summed E-state index contributed by atoms with van der Waals surface area (Å²) in [6, 6.07) is 12.7. The molecule has 0 atom stereocenters. The van der Waals surface area contributed by atoms with Crippen molar-refractivity contribution in [1.29, 1.82) is 0 Å². The highest BCUT2D eigenvalue weighted by Gasteiger charge is 2.20. The highest BCUT2D eigenvalue weighted by Crippen LogP contribution is 2.25. The van der Waals surface area contributed by atoms with Crippen molar-refractivity contribution in [3.63, 3.8) is 0 Å². The Morgan fingerprint density at radius 1 is 1.00 bits per heavy atom. The van der Waals surface area contributed by atoms with E-state index in [4.69, 9.17) is 0 Å². The van der Waals surface area contributed by atoms with Crippen molar-refractivity contribution >= 4 is 43.9 Å². The van der Waals surface area contributed by atoms with Gasteiger partial charge in [0.1, 0.15) is 0 Å². The number of para-hydroxylation sites is 1. The number of thiazole rings is 1. The molecule has 0 aliphatic heterocycles. The van der Waals surface area contributed by atoms with Crippen molar-refractivity contribution < 1.29 is 18.0 Å². The van der Waals surface area contributed by atoms with Crippen molar-refractivity contribution in [2.24, 2.45) is 0 Å². The van der Waals surface area contributed by atoms with Gasteiger partial charge in [-0.1, -0.05) is 41.2 Å². The number of hydrogen-bond acceptors (Lipinski definition) is 6. The number of amides is 1. The Kier molecular flexibility index (Phi) is 5.81. The fourth-order valence-electron chi connectivity index (χ4n) is 2.63. The number of nitrogens with zero attached hydrogens (tertiary/aromatic N) is 1.